The van der Waals surface area contributed by atoms with Gasteiger partial charge in [-0.2, -0.15) is 0 Å². The maximum Gasteiger partial charge on any atom is 0.341 e. The summed E-state index contributed by atoms with van der Waals surface area (Å²) in [4.78, 5) is 31.3. The van der Waals surface area contributed by atoms with Crippen molar-refractivity contribution in [1.29, 1.82) is 0 Å². The van der Waals surface area contributed by atoms with Crippen LogP contribution in [0.3, 0.4) is 0 Å². The summed E-state index contributed by atoms with van der Waals surface area (Å²) in [6.45, 7) is 5.45. The lowest BCUT2D eigenvalue weighted by Gasteiger charge is -2.09. The van der Waals surface area contributed by atoms with Crippen molar-refractivity contribution >= 4 is 45.5 Å². The zero-order chi connectivity index (χ0) is 23.0. The van der Waals surface area contributed by atoms with Crippen molar-refractivity contribution in [2.24, 2.45) is 0 Å². The van der Waals surface area contributed by atoms with E-state index in [1.54, 1.807) is 48.7 Å². The van der Waals surface area contributed by atoms with E-state index in [1.165, 1.54) is 23.5 Å². The van der Waals surface area contributed by atoms with Crippen molar-refractivity contribution in [3.63, 3.8) is 0 Å². The molecule has 0 aliphatic heterocycles. The Bertz CT molecular complexity index is 1350. The van der Waals surface area contributed by atoms with Gasteiger partial charge in [0.05, 0.1) is 12.3 Å². The Morgan fingerprint density at radius 2 is 1.94 bits per heavy atom. The second kappa shape index (κ2) is 8.72. The Balaban J connectivity index is 1.79. The van der Waals surface area contributed by atoms with Crippen LogP contribution in [-0.2, 0) is 4.74 Å². The first kappa shape index (κ1) is 22.0. The lowest BCUT2D eigenvalue weighted by atomic mass is 10.0. The van der Waals surface area contributed by atoms with Crippen molar-refractivity contribution in [2.45, 2.75) is 20.8 Å². The minimum Gasteiger partial charge on any atom is -0.462 e. The Hall–Kier alpha value is -3.23. The van der Waals surface area contributed by atoms with E-state index in [1.807, 2.05) is 6.92 Å². The number of carbonyl (C=O) groups excluding carboxylic acids is 2. The van der Waals surface area contributed by atoms with Gasteiger partial charge in [0, 0.05) is 27.7 Å². The first-order valence-electron chi connectivity index (χ1n) is 9.82. The first-order chi connectivity index (χ1) is 15.3. The molecule has 0 unspecified atom stereocenters. The van der Waals surface area contributed by atoms with Crippen LogP contribution in [0, 0.1) is 19.7 Å². The smallest absolute Gasteiger partial charge is 0.341 e. The number of amides is 1. The molecule has 6 nitrogen and oxygen atoms in total. The van der Waals surface area contributed by atoms with Gasteiger partial charge in [0.2, 0.25) is 0 Å². The molecule has 1 N–H and O–H groups in total. The van der Waals surface area contributed by atoms with Gasteiger partial charge >= 0.3 is 5.97 Å². The maximum atomic E-state index is 13.4. The monoisotopic (exact) mass is 471 g/mol. The molecule has 3 aromatic heterocycles. The third kappa shape index (κ3) is 3.99. The number of ether oxygens (including phenoxy) is 1. The maximum absolute atomic E-state index is 13.4. The number of hydrogen-bond acceptors (Lipinski definition) is 5. The third-order valence-electron chi connectivity index (χ3n) is 4.90. The normalized spacial score (nSPS) is 11.0. The van der Waals surface area contributed by atoms with E-state index in [0.29, 0.717) is 38.2 Å². The number of esters is 1. The number of aryl methyl sites for hydroxylation is 2. The van der Waals surface area contributed by atoms with Gasteiger partial charge in [-0.25, -0.2) is 14.2 Å². The van der Waals surface area contributed by atoms with Gasteiger partial charge in [-0.05, 0) is 44.5 Å². The van der Waals surface area contributed by atoms with Crippen LogP contribution in [0.2, 0.25) is 5.02 Å². The average Bonchev–Trinajstić information content (AvgIpc) is 3.23. The van der Waals surface area contributed by atoms with Gasteiger partial charge < -0.3 is 10.1 Å². The highest BCUT2D eigenvalue weighted by Crippen LogP contribution is 2.40. The van der Waals surface area contributed by atoms with Crippen molar-refractivity contribution in [1.82, 2.24) is 9.38 Å². The number of benzene rings is 1. The Labute approximate surface area is 192 Å². The van der Waals surface area contributed by atoms with E-state index in [-0.39, 0.29) is 18.0 Å². The van der Waals surface area contributed by atoms with Crippen LogP contribution in [0.25, 0.3) is 16.8 Å². The van der Waals surface area contributed by atoms with Gasteiger partial charge in [-0.3, -0.25) is 9.20 Å². The van der Waals surface area contributed by atoms with E-state index in [4.69, 9.17) is 16.3 Å². The lowest BCUT2D eigenvalue weighted by molar-refractivity contribution is 0.0529. The predicted molar refractivity (Wildman–Crippen MR) is 123 cm³/mol. The summed E-state index contributed by atoms with van der Waals surface area (Å²) in [6.07, 6.45) is 1.67. The van der Waals surface area contributed by atoms with E-state index in [2.05, 4.69) is 10.3 Å². The molecule has 1 amide bonds. The molecule has 0 saturated carbocycles. The fourth-order valence-electron chi connectivity index (χ4n) is 3.57. The zero-order valence-electron chi connectivity index (χ0n) is 17.5. The van der Waals surface area contributed by atoms with E-state index < -0.39 is 11.9 Å². The second-order valence-electron chi connectivity index (χ2n) is 7.04. The standard InChI is InChI=1S/C23H19ClFN3O3S/c1-4-31-23(30)19-18(14-5-7-16(25)8-6-14)13(3)32-22(19)27-21(29)20-12(2)26-17-11-15(24)9-10-28(17)20/h5-11H,4H2,1-3H3,(H,27,29). The van der Waals surface area contributed by atoms with Crippen LogP contribution in [0.1, 0.15) is 38.3 Å². The average molecular weight is 472 g/mol. The minimum absolute atomic E-state index is 0.178. The number of carbonyl (C=O) groups is 2. The summed E-state index contributed by atoms with van der Waals surface area (Å²) in [6, 6.07) is 9.17. The third-order valence-corrected chi connectivity index (χ3v) is 6.16. The molecule has 0 saturated heterocycles. The summed E-state index contributed by atoms with van der Waals surface area (Å²) >= 11 is 7.29. The summed E-state index contributed by atoms with van der Waals surface area (Å²) in [7, 11) is 0. The molecular weight excluding hydrogens is 453 g/mol. The number of nitrogens with zero attached hydrogens (tertiary/aromatic N) is 2. The quantitative estimate of drug-likeness (QED) is 0.368. The number of fused-ring (bicyclic) bond motifs is 1. The molecule has 9 heteroatoms. The molecule has 1 aromatic carbocycles. The van der Waals surface area contributed by atoms with Crippen molar-refractivity contribution < 1.29 is 18.7 Å². The van der Waals surface area contributed by atoms with Crippen molar-refractivity contribution in [2.75, 3.05) is 11.9 Å². The van der Waals surface area contributed by atoms with E-state index in [0.717, 1.165) is 4.88 Å². The molecule has 0 aliphatic carbocycles. The molecule has 0 bridgehead atoms. The fourth-order valence-corrected chi connectivity index (χ4v) is 4.78. The van der Waals surface area contributed by atoms with Crippen LogP contribution in [0.4, 0.5) is 9.39 Å². The molecular formula is C23H19ClFN3O3S. The predicted octanol–water partition coefficient (Wildman–Crippen LogP) is 5.90. The van der Waals surface area contributed by atoms with E-state index in [9.17, 15) is 14.0 Å². The molecule has 0 atom stereocenters. The number of nitrogens with one attached hydrogen (secondary N) is 1. The summed E-state index contributed by atoms with van der Waals surface area (Å²) < 4.78 is 20.3. The molecule has 0 spiro atoms. The Morgan fingerprint density at radius 3 is 2.62 bits per heavy atom. The SMILES string of the molecule is CCOC(=O)c1c(NC(=O)c2c(C)nc3cc(Cl)ccn23)sc(C)c1-c1ccc(F)cc1. The summed E-state index contributed by atoms with van der Waals surface area (Å²) in [5, 5.41) is 3.72. The zero-order valence-corrected chi connectivity index (χ0v) is 19.1. The van der Waals surface area contributed by atoms with Crippen molar-refractivity contribution in [3.8, 4) is 11.1 Å². The molecule has 0 fully saturated rings. The van der Waals surface area contributed by atoms with E-state index >= 15 is 0 Å². The number of halogens is 2. The summed E-state index contributed by atoms with van der Waals surface area (Å²) in [5.41, 5.74) is 2.90. The molecule has 164 valence electrons. The number of aromatic nitrogens is 2. The molecule has 4 aromatic rings. The van der Waals surface area contributed by atoms with Crippen LogP contribution in [-0.4, -0.2) is 27.9 Å². The molecule has 3 heterocycles. The van der Waals surface area contributed by atoms with Gasteiger partial charge in [0.1, 0.15) is 27.7 Å². The minimum atomic E-state index is -0.562. The largest absolute Gasteiger partial charge is 0.462 e. The molecule has 0 aliphatic rings. The number of hydrogen-bond donors (Lipinski definition) is 1. The highest BCUT2D eigenvalue weighted by atomic mass is 35.5. The fraction of sp³-hybridized carbons (Fsp3) is 0.174. The van der Waals surface area contributed by atoms with Gasteiger partial charge in [0.25, 0.3) is 5.91 Å². The Kier molecular flexibility index (Phi) is 5.99. The second-order valence-corrected chi connectivity index (χ2v) is 8.70. The number of thiophene rings is 1. The van der Waals surface area contributed by atoms with Gasteiger partial charge in [0.15, 0.2) is 0 Å². The molecule has 4 rings (SSSR count). The Morgan fingerprint density at radius 1 is 1.22 bits per heavy atom. The number of imidazole rings is 1. The van der Waals surface area contributed by atoms with Gasteiger partial charge in [-0.15, -0.1) is 11.3 Å². The lowest BCUT2D eigenvalue weighted by Crippen LogP contribution is -2.17. The van der Waals surface area contributed by atoms with Crippen LogP contribution in [0.5, 0.6) is 0 Å². The van der Waals surface area contributed by atoms with Gasteiger partial charge in [-0.1, -0.05) is 23.7 Å². The topological polar surface area (TPSA) is 72.7 Å². The molecule has 32 heavy (non-hydrogen) atoms. The number of rotatable bonds is 5. The van der Waals surface area contributed by atoms with Crippen molar-refractivity contribution in [3.05, 3.63) is 75.3 Å². The van der Waals surface area contributed by atoms with Crippen LogP contribution >= 0.6 is 22.9 Å². The molecule has 0 radical (unpaired) electrons. The highest BCUT2D eigenvalue weighted by Gasteiger charge is 2.27. The highest BCUT2D eigenvalue weighted by molar-refractivity contribution is 7.17. The van der Waals surface area contributed by atoms with Crippen LogP contribution < -0.4 is 5.32 Å². The first-order valence-corrected chi connectivity index (χ1v) is 11.0. The number of pyridine rings is 1. The number of anilines is 1. The van der Waals surface area contributed by atoms with Crippen LogP contribution in [0.15, 0.2) is 42.6 Å². The summed E-state index contributed by atoms with van der Waals surface area (Å²) in [5.74, 6) is -1.36.